The molecule has 0 atom stereocenters. The molecule has 0 spiro atoms. The summed E-state index contributed by atoms with van der Waals surface area (Å²) in [5, 5.41) is 6.24. The van der Waals surface area contributed by atoms with Crippen LogP contribution in [0.3, 0.4) is 0 Å². The summed E-state index contributed by atoms with van der Waals surface area (Å²) in [5.41, 5.74) is 13.0. The van der Waals surface area contributed by atoms with Gasteiger partial charge in [-0.1, -0.05) is 54.6 Å². The Kier molecular flexibility index (Phi) is 3.92. The first-order valence-corrected chi connectivity index (χ1v) is 13.9. The Morgan fingerprint density at radius 3 is 2.24 bits per heavy atom. The number of pyridine rings is 3. The summed E-state index contributed by atoms with van der Waals surface area (Å²) in [7, 11) is 0. The Morgan fingerprint density at radius 1 is 0.537 bits per heavy atom. The Morgan fingerprint density at radius 2 is 1.32 bits per heavy atom. The zero-order chi connectivity index (χ0) is 26.7. The van der Waals surface area contributed by atoms with Crippen LogP contribution >= 0.6 is 0 Å². The van der Waals surface area contributed by atoms with E-state index >= 15 is 0 Å². The molecule has 0 N–H and O–H groups in total. The molecule has 5 nitrogen and oxygen atoms in total. The van der Waals surface area contributed by atoms with E-state index in [4.69, 9.17) is 4.98 Å². The van der Waals surface area contributed by atoms with Crippen molar-refractivity contribution >= 4 is 60.2 Å². The Bertz CT molecular complexity index is 2550. The molecule has 5 heterocycles. The standard InChI is InChI=1S/C36H21N5/c1-2-6-21(7-3-1)40-30-9-5-4-8-26(30)34-27-18-28-22(23(27)12-13-32(34)40)10-11-25-24-14-16-38-20-33(24)41-31-15-17-37-19-29(31)39-36(41)35(25)28/h1-17,19-20H,18H2. The van der Waals surface area contributed by atoms with Crippen LogP contribution in [0.5, 0.6) is 0 Å². The van der Waals surface area contributed by atoms with Gasteiger partial charge in [0, 0.05) is 46.0 Å². The van der Waals surface area contributed by atoms with Crippen molar-refractivity contribution in [2.24, 2.45) is 0 Å². The highest BCUT2D eigenvalue weighted by Gasteiger charge is 2.28. The summed E-state index contributed by atoms with van der Waals surface area (Å²) in [4.78, 5) is 14.0. The maximum Gasteiger partial charge on any atom is 0.146 e. The lowest BCUT2D eigenvalue weighted by Crippen LogP contribution is -1.95. The fraction of sp³-hybridized carbons (Fsp3) is 0.0278. The van der Waals surface area contributed by atoms with Gasteiger partial charge in [-0.05, 0) is 64.0 Å². The SMILES string of the molecule is c1ccc(-n2c3ccccc3c3c4c(ccc32)-c2ccc3c5ccncc5n5c6ccncc6nc5c3c2C4)cc1. The average molecular weight is 524 g/mol. The molecule has 5 aromatic heterocycles. The summed E-state index contributed by atoms with van der Waals surface area (Å²) in [6, 6.07) is 32.9. The number of benzene rings is 4. The van der Waals surface area contributed by atoms with E-state index in [1.165, 1.54) is 65.9 Å². The zero-order valence-electron chi connectivity index (χ0n) is 21.9. The minimum absolute atomic E-state index is 0.857. The normalized spacial score (nSPS) is 12.8. The Balaban J connectivity index is 1.34. The molecule has 41 heavy (non-hydrogen) atoms. The molecule has 0 amide bonds. The number of nitrogens with zero attached hydrogens (tertiary/aromatic N) is 5. The van der Waals surface area contributed by atoms with Gasteiger partial charge in [0.2, 0.25) is 0 Å². The van der Waals surface area contributed by atoms with Crippen molar-refractivity contribution in [1.29, 1.82) is 0 Å². The molecule has 0 saturated heterocycles. The van der Waals surface area contributed by atoms with Crippen molar-refractivity contribution in [2.45, 2.75) is 6.42 Å². The quantitative estimate of drug-likeness (QED) is 0.204. The first-order chi connectivity index (χ1) is 20.4. The predicted octanol–water partition coefficient (Wildman–Crippen LogP) is 8.25. The number of rotatable bonds is 1. The fourth-order valence-corrected chi connectivity index (χ4v) is 7.30. The molecule has 0 fully saturated rings. The fourth-order valence-electron chi connectivity index (χ4n) is 7.30. The molecule has 5 heteroatoms. The Labute approximate surface area is 234 Å². The molecule has 4 aromatic carbocycles. The molecule has 10 rings (SSSR count). The minimum Gasteiger partial charge on any atom is -0.309 e. The van der Waals surface area contributed by atoms with E-state index in [0.717, 1.165) is 28.6 Å². The van der Waals surface area contributed by atoms with E-state index < -0.39 is 0 Å². The summed E-state index contributed by atoms with van der Waals surface area (Å²) >= 11 is 0. The van der Waals surface area contributed by atoms with Crippen LogP contribution in [0.25, 0.3) is 77.0 Å². The van der Waals surface area contributed by atoms with Gasteiger partial charge in [0.25, 0.3) is 0 Å². The van der Waals surface area contributed by atoms with Crippen molar-refractivity contribution in [2.75, 3.05) is 0 Å². The van der Waals surface area contributed by atoms with E-state index in [9.17, 15) is 0 Å². The Hall–Kier alpha value is -5.55. The second-order valence-electron chi connectivity index (χ2n) is 10.9. The van der Waals surface area contributed by atoms with Crippen LogP contribution < -0.4 is 0 Å². The van der Waals surface area contributed by atoms with E-state index in [-0.39, 0.29) is 0 Å². The molecule has 1 aliphatic carbocycles. The molecule has 9 aromatic rings. The van der Waals surface area contributed by atoms with Gasteiger partial charge in [0.05, 0.1) is 34.5 Å². The lowest BCUT2D eigenvalue weighted by atomic mass is 9.97. The maximum absolute atomic E-state index is 5.16. The molecule has 0 aliphatic heterocycles. The molecule has 0 bridgehead atoms. The molecular weight excluding hydrogens is 502 g/mol. The van der Waals surface area contributed by atoms with Crippen LogP contribution in [-0.2, 0) is 6.42 Å². The third-order valence-corrected chi connectivity index (χ3v) is 8.93. The number of para-hydroxylation sites is 2. The van der Waals surface area contributed by atoms with Crippen LogP contribution in [0, 0.1) is 0 Å². The van der Waals surface area contributed by atoms with E-state index in [0.29, 0.717) is 0 Å². The number of imidazole rings is 1. The third-order valence-electron chi connectivity index (χ3n) is 8.93. The highest BCUT2D eigenvalue weighted by atomic mass is 15.0. The van der Waals surface area contributed by atoms with Crippen LogP contribution in [-0.4, -0.2) is 23.9 Å². The molecule has 190 valence electrons. The monoisotopic (exact) mass is 523 g/mol. The van der Waals surface area contributed by atoms with Crippen LogP contribution in [0.15, 0.2) is 116 Å². The minimum atomic E-state index is 0.857. The number of fused-ring (bicyclic) bond motifs is 16. The third kappa shape index (κ3) is 2.63. The molecule has 1 aliphatic rings. The lowest BCUT2D eigenvalue weighted by molar-refractivity contribution is 1.18. The zero-order valence-corrected chi connectivity index (χ0v) is 21.9. The van der Waals surface area contributed by atoms with Crippen molar-refractivity contribution < 1.29 is 0 Å². The second kappa shape index (κ2) is 7.55. The first-order valence-electron chi connectivity index (χ1n) is 13.9. The van der Waals surface area contributed by atoms with Gasteiger partial charge in [-0.3, -0.25) is 14.4 Å². The summed E-state index contributed by atoms with van der Waals surface area (Å²) in [6.45, 7) is 0. The first kappa shape index (κ1) is 21.3. The van der Waals surface area contributed by atoms with Crippen molar-refractivity contribution in [1.82, 2.24) is 23.9 Å². The van der Waals surface area contributed by atoms with Crippen LogP contribution in [0.4, 0.5) is 0 Å². The van der Waals surface area contributed by atoms with Crippen LogP contribution in [0.2, 0.25) is 0 Å². The maximum atomic E-state index is 5.16. The van der Waals surface area contributed by atoms with Gasteiger partial charge < -0.3 is 4.57 Å². The van der Waals surface area contributed by atoms with Crippen molar-refractivity contribution in [3.05, 3.63) is 127 Å². The van der Waals surface area contributed by atoms with Gasteiger partial charge in [0.15, 0.2) is 0 Å². The topological polar surface area (TPSA) is 48.0 Å². The molecule has 0 unspecified atom stereocenters. The van der Waals surface area contributed by atoms with E-state index in [1.807, 2.05) is 30.9 Å². The lowest BCUT2D eigenvalue weighted by Gasteiger charge is -2.12. The van der Waals surface area contributed by atoms with E-state index in [1.54, 1.807) is 0 Å². The van der Waals surface area contributed by atoms with Gasteiger partial charge in [0.1, 0.15) is 11.2 Å². The average Bonchev–Trinajstić information content (AvgIpc) is 3.71. The van der Waals surface area contributed by atoms with Crippen molar-refractivity contribution in [3.8, 4) is 16.8 Å². The smallest absolute Gasteiger partial charge is 0.146 e. The van der Waals surface area contributed by atoms with Gasteiger partial charge in [-0.15, -0.1) is 0 Å². The van der Waals surface area contributed by atoms with E-state index in [2.05, 4.69) is 104 Å². The molecular formula is C36H21N5. The van der Waals surface area contributed by atoms with Crippen molar-refractivity contribution in [3.63, 3.8) is 0 Å². The summed E-state index contributed by atoms with van der Waals surface area (Å²) in [6.07, 6.45) is 8.39. The second-order valence-corrected chi connectivity index (χ2v) is 10.9. The molecule has 0 saturated carbocycles. The summed E-state index contributed by atoms with van der Waals surface area (Å²) in [5.74, 6) is 0. The highest BCUT2D eigenvalue weighted by Crippen LogP contribution is 2.48. The highest BCUT2D eigenvalue weighted by molar-refractivity contribution is 6.19. The summed E-state index contributed by atoms with van der Waals surface area (Å²) < 4.78 is 4.67. The largest absolute Gasteiger partial charge is 0.309 e. The van der Waals surface area contributed by atoms with Gasteiger partial charge in [-0.25, -0.2) is 4.98 Å². The van der Waals surface area contributed by atoms with Crippen LogP contribution in [0.1, 0.15) is 11.1 Å². The number of aromatic nitrogens is 5. The molecule has 0 radical (unpaired) electrons. The van der Waals surface area contributed by atoms with Gasteiger partial charge in [-0.2, -0.15) is 0 Å². The van der Waals surface area contributed by atoms with Gasteiger partial charge >= 0.3 is 0 Å². The predicted molar refractivity (Wildman–Crippen MR) is 166 cm³/mol. The number of hydrogen-bond donors (Lipinski definition) is 0. The number of hydrogen-bond acceptors (Lipinski definition) is 3.